The third-order valence-corrected chi connectivity index (χ3v) is 3.23. The molecule has 0 spiro atoms. The van der Waals surface area contributed by atoms with E-state index >= 15 is 0 Å². The second kappa shape index (κ2) is 5.33. The topological polar surface area (TPSA) is 55.1 Å². The molecule has 0 aliphatic rings. The number of nitrogens with zero attached hydrogens (tertiary/aromatic N) is 4. The number of hydrogen-bond donors (Lipinski definition) is 1. The molecular weight excluding hydrogens is 226 g/mol. The second-order valence-corrected chi connectivity index (χ2v) is 5.05. The molecule has 5 heteroatoms. The lowest BCUT2D eigenvalue weighted by Crippen LogP contribution is -2.20. The first kappa shape index (κ1) is 12.8. The van der Waals surface area contributed by atoms with Gasteiger partial charge in [-0.3, -0.25) is 0 Å². The third-order valence-electron chi connectivity index (χ3n) is 3.23. The molecule has 0 aliphatic heterocycles. The van der Waals surface area contributed by atoms with E-state index in [1.165, 1.54) is 12.7 Å². The van der Waals surface area contributed by atoms with Gasteiger partial charge in [0.15, 0.2) is 0 Å². The lowest BCUT2D eigenvalue weighted by molar-refractivity contribution is 0.482. The molecule has 2 rings (SSSR count). The number of rotatable bonds is 5. The van der Waals surface area contributed by atoms with Crippen molar-refractivity contribution in [3.63, 3.8) is 0 Å². The summed E-state index contributed by atoms with van der Waals surface area (Å²) in [6, 6.07) is 2.42. The SMILES string of the molecule is CCC(C)CC(C)Nc1cc(C)nc2ncnn12. The number of nitrogens with one attached hydrogen (secondary N) is 1. The average Bonchev–Trinajstić information content (AvgIpc) is 2.76. The van der Waals surface area contributed by atoms with Crippen LogP contribution in [0, 0.1) is 12.8 Å². The van der Waals surface area contributed by atoms with Gasteiger partial charge in [-0.1, -0.05) is 20.3 Å². The molecule has 0 amide bonds. The number of hydrogen-bond acceptors (Lipinski definition) is 4. The van der Waals surface area contributed by atoms with Gasteiger partial charge in [-0.2, -0.15) is 14.6 Å². The van der Waals surface area contributed by atoms with E-state index in [0.29, 0.717) is 11.8 Å². The highest BCUT2D eigenvalue weighted by atomic mass is 15.4. The van der Waals surface area contributed by atoms with E-state index in [2.05, 4.69) is 41.2 Å². The molecule has 5 nitrogen and oxygen atoms in total. The molecule has 0 aliphatic carbocycles. The Labute approximate surface area is 108 Å². The molecule has 2 unspecified atom stereocenters. The van der Waals surface area contributed by atoms with Crippen LogP contribution in [0.25, 0.3) is 5.78 Å². The van der Waals surface area contributed by atoms with Gasteiger partial charge >= 0.3 is 0 Å². The van der Waals surface area contributed by atoms with Crippen molar-refractivity contribution in [3.05, 3.63) is 18.1 Å². The van der Waals surface area contributed by atoms with Gasteiger partial charge in [0.1, 0.15) is 12.1 Å². The van der Waals surface area contributed by atoms with Gasteiger partial charge in [0, 0.05) is 17.8 Å². The predicted molar refractivity (Wildman–Crippen MR) is 72.7 cm³/mol. The van der Waals surface area contributed by atoms with Gasteiger partial charge in [0.25, 0.3) is 5.78 Å². The first-order valence-corrected chi connectivity index (χ1v) is 6.54. The standard InChI is InChI=1S/C13H21N5/c1-5-9(2)6-10(3)16-12-7-11(4)17-13-14-8-15-18(12)13/h7-10,16H,5-6H2,1-4H3. The van der Waals surface area contributed by atoms with Gasteiger partial charge in [-0.05, 0) is 26.2 Å². The summed E-state index contributed by atoms with van der Waals surface area (Å²) < 4.78 is 1.75. The summed E-state index contributed by atoms with van der Waals surface area (Å²) in [5.74, 6) is 2.33. The zero-order valence-electron chi connectivity index (χ0n) is 11.5. The monoisotopic (exact) mass is 247 g/mol. The van der Waals surface area contributed by atoms with Crippen molar-refractivity contribution >= 4 is 11.6 Å². The van der Waals surface area contributed by atoms with Crippen LogP contribution in [0.4, 0.5) is 5.82 Å². The van der Waals surface area contributed by atoms with E-state index in [1.807, 2.05) is 13.0 Å². The van der Waals surface area contributed by atoms with Gasteiger partial charge in [-0.15, -0.1) is 0 Å². The fourth-order valence-electron chi connectivity index (χ4n) is 2.12. The van der Waals surface area contributed by atoms with Crippen LogP contribution in [-0.4, -0.2) is 25.6 Å². The number of aromatic nitrogens is 4. The maximum absolute atomic E-state index is 4.33. The third kappa shape index (κ3) is 2.78. The average molecular weight is 247 g/mol. The Kier molecular flexibility index (Phi) is 3.79. The first-order chi connectivity index (χ1) is 8.60. The van der Waals surface area contributed by atoms with Crippen LogP contribution in [0.3, 0.4) is 0 Å². The zero-order valence-corrected chi connectivity index (χ0v) is 11.5. The lowest BCUT2D eigenvalue weighted by atomic mass is 10.0. The molecule has 1 N–H and O–H groups in total. The minimum Gasteiger partial charge on any atom is -0.367 e. The van der Waals surface area contributed by atoms with Crippen LogP contribution in [0.15, 0.2) is 12.4 Å². The van der Waals surface area contributed by atoms with Gasteiger partial charge in [0.2, 0.25) is 0 Å². The van der Waals surface area contributed by atoms with Gasteiger partial charge < -0.3 is 5.32 Å². The molecule has 98 valence electrons. The van der Waals surface area contributed by atoms with Crippen molar-refractivity contribution in [3.8, 4) is 0 Å². The van der Waals surface area contributed by atoms with Crippen molar-refractivity contribution in [1.29, 1.82) is 0 Å². The molecule has 0 aromatic carbocycles. The minimum atomic E-state index is 0.411. The molecule has 0 saturated carbocycles. The van der Waals surface area contributed by atoms with Crippen molar-refractivity contribution in [1.82, 2.24) is 19.6 Å². The smallest absolute Gasteiger partial charge is 0.254 e. The molecular formula is C13H21N5. The second-order valence-electron chi connectivity index (χ2n) is 5.05. The minimum absolute atomic E-state index is 0.411. The molecule has 2 atom stereocenters. The van der Waals surface area contributed by atoms with E-state index in [-0.39, 0.29) is 0 Å². The molecule has 0 fully saturated rings. The quantitative estimate of drug-likeness (QED) is 0.882. The van der Waals surface area contributed by atoms with Crippen molar-refractivity contribution in [2.75, 3.05) is 5.32 Å². The summed E-state index contributed by atoms with van der Waals surface area (Å²) in [5, 5.41) is 7.69. The van der Waals surface area contributed by atoms with Crippen LogP contribution >= 0.6 is 0 Å². The van der Waals surface area contributed by atoms with Crippen LogP contribution < -0.4 is 5.32 Å². The molecule has 0 radical (unpaired) electrons. The summed E-state index contributed by atoms with van der Waals surface area (Å²) in [7, 11) is 0. The van der Waals surface area contributed by atoms with Crippen molar-refractivity contribution in [2.24, 2.45) is 5.92 Å². The van der Waals surface area contributed by atoms with E-state index in [0.717, 1.165) is 23.9 Å². The van der Waals surface area contributed by atoms with Crippen LogP contribution in [0.2, 0.25) is 0 Å². The maximum Gasteiger partial charge on any atom is 0.254 e. The summed E-state index contributed by atoms with van der Waals surface area (Å²) in [6.45, 7) is 8.68. The Bertz CT molecular complexity index is 519. The normalized spacial score (nSPS) is 14.7. The zero-order chi connectivity index (χ0) is 13.1. The van der Waals surface area contributed by atoms with Gasteiger partial charge in [0.05, 0.1) is 0 Å². The predicted octanol–water partition coefficient (Wildman–Crippen LogP) is 2.67. The lowest BCUT2D eigenvalue weighted by Gasteiger charge is -2.19. The Balaban J connectivity index is 2.18. The molecule has 2 heterocycles. The van der Waals surface area contributed by atoms with E-state index < -0.39 is 0 Å². The number of anilines is 1. The van der Waals surface area contributed by atoms with Crippen LogP contribution in [0.5, 0.6) is 0 Å². The van der Waals surface area contributed by atoms with Crippen molar-refractivity contribution < 1.29 is 0 Å². The maximum atomic E-state index is 4.33. The Morgan fingerprint density at radius 1 is 1.39 bits per heavy atom. The van der Waals surface area contributed by atoms with E-state index in [4.69, 9.17) is 0 Å². The Morgan fingerprint density at radius 2 is 2.17 bits per heavy atom. The highest BCUT2D eigenvalue weighted by molar-refractivity contribution is 5.45. The highest BCUT2D eigenvalue weighted by Gasteiger charge is 2.10. The van der Waals surface area contributed by atoms with Crippen LogP contribution in [0.1, 0.15) is 39.3 Å². The largest absolute Gasteiger partial charge is 0.367 e. The number of fused-ring (bicyclic) bond motifs is 1. The first-order valence-electron chi connectivity index (χ1n) is 6.54. The summed E-state index contributed by atoms with van der Waals surface area (Å²) in [6.07, 6.45) is 3.89. The molecule has 0 bridgehead atoms. The fraction of sp³-hybridized carbons (Fsp3) is 0.615. The van der Waals surface area contributed by atoms with Crippen molar-refractivity contribution in [2.45, 2.75) is 46.6 Å². The van der Waals surface area contributed by atoms with E-state index in [9.17, 15) is 0 Å². The van der Waals surface area contributed by atoms with Gasteiger partial charge in [-0.25, -0.2) is 4.98 Å². The Morgan fingerprint density at radius 3 is 2.89 bits per heavy atom. The highest BCUT2D eigenvalue weighted by Crippen LogP contribution is 2.16. The summed E-state index contributed by atoms with van der Waals surface area (Å²) in [5.41, 5.74) is 0.953. The van der Waals surface area contributed by atoms with E-state index in [1.54, 1.807) is 4.52 Å². The Hall–Kier alpha value is -1.65. The molecule has 0 saturated heterocycles. The fourth-order valence-corrected chi connectivity index (χ4v) is 2.12. The van der Waals surface area contributed by atoms with Crippen LogP contribution in [-0.2, 0) is 0 Å². The molecule has 18 heavy (non-hydrogen) atoms. The molecule has 2 aromatic heterocycles. The number of aryl methyl sites for hydroxylation is 1. The summed E-state index contributed by atoms with van der Waals surface area (Å²) >= 11 is 0. The molecule has 2 aromatic rings. The summed E-state index contributed by atoms with van der Waals surface area (Å²) in [4.78, 5) is 8.46.